The number of fused-ring (bicyclic) bond motifs is 1. The average Bonchev–Trinajstić information content (AvgIpc) is 2.98. The minimum atomic E-state index is 0.0848. The Morgan fingerprint density at radius 2 is 2.08 bits per heavy atom. The van der Waals surface area contributed by atoms with E-state index in [2.05, 4.69) is 22.0 Å². The van der Waals surface area contributed by atoms with Gasteiger partial charge in [0.25, 0.3) is 0 Å². The number of imidazole rings is 1. The number of nitrogens with zero attached hydrogens (tertiary/aromatic N) is 4. The second kappa shape index (κ2) is 7.05. The summed E-state index contributed by atoms with van der Waals surface area (Å²) >= 11 is 0. The first kappa shape index (κ1) is 17.6. The zero-order valence-corrected chi connectivity index (χ0v) is 16.1. The molecule has 0 aliphatic heterocycles. The fraction of sp³-hybridized carbons (Fsp3) is 0.750. The predicted octanol–water partition coefficient (Wildman–Crippen LogP) is 4.18. The SMILES string of the molecule is CCCC(C)Oc1nc(N)c2ncc(CC3CC4(CCCCC4)C3)n2n1. The third-order valence-corrected chi connectivity index (χ3v) is 6.30. The van der Waals surface area contributed by atoms with Crippen LogP contribution in [0.3, 0.4) is 0 Å². The van der Waals surface area contributed by atoms with Gasteiger partial charge < -0.3 is 10.5 Å². The van der Waals surface area contributed by atoms with E-state index in [0.29, 0.717) is 22.9 Å². The minimum Gasteiger partial charge on any atom is -0.459 e. The number of nitrogen functional groups attached to an aromatic ring is 1. The highest BCUT2D eigenvalue weighted by Gasteiger charge is 2.44. The van der Waals surface area contributed by atoms with Crippen molar-refractivity contribution in [3.63, 3.8) is 0 Å². The van der Waals surface area contributed by atoms with Crippen molar-refractivity contribution in [2.24, 2.45) is 11.3 Å². The summed E-state index contributed by atoms with van der Waals surface area (Å²) in [6.45, 7) is 4.18. The molecule has 2 aliphatic carbocycles. The summed E-state index contributed by atoms with van der Waals surface area (Å²) in [6.07, 6.45) is 14.9. The van der Waals surface area contributed by atoms with E-state index in [1.54, 1.807) is 0 Å². The van der Waals surface area contributed by atoms with E-state index in [-0.39, 0.29) is 6.10 Å². The van der Waals surface area contributed by atoms with E-state index >= 15 is 0 Å². The van der Waals surface area contributed by atoms with Crippen LogP contribution in [0.2, 0.25) is 0 Å². The molecule has 2 aliphatic rings. The predicted molar refractivity (Wildman–Crippen MR) is 102 cm³/mol. The normalized spacial score (nSPS) is 21.0. The summed E-state index contributed by atoms with van der Waals surface area (Å²) in [7, 11) is 0. The summed E-state index contributed by atoms with van der Waals surface area (Å²) in [6, 6.07) is 0.354. The zero-order valence-electron chi connectivity index (χ0n) is 16.1. The summed E-state index contributed by atoms with van der Waals surface area (Å²) < 4.78 is 7.70. The Labute approximate surface area is 155 Å². The third kappa shape index (κ3) is 3.38. The molecule has 0 radical (unpaired) electrons. The summed E-state index contributed by atoms with van der Waals surface area (Å²) in [5.74, 6) is 1.13. The molecule has 6 heteroatoms. The smallest absolute Gasteiger partial charge is 0.336 e. The van der Waals surface area contributed by atoms with Crippen LogP contribution in [-0.2, 0) is 6.42 Å². The Kier molecular flexibility index (Phi) is 4.76. The van der Waals surface area contributed by atoms with Crippen molar-refractivity contribution >= 4 is 11.5 Å². The van der Waals surface area contributed by atoms with Gasteiger partial charge in [-0.05, 0) is 56.8 Å². The Bertz CT molecular complexity index is 757. The number of aromatic nitrogens is 4. The molecule has 6 nitrogen and oxygen atoms in total. The number of rotatable bonds is 6. The van der Waals surface area contributed by atoms with Gasteiger partial charge in [0.05, 0.1) is 18.0 Å². The third-order valence-electron chi connectivity index (χ3n) is 6.30. The van der Waals surface area contributed by atoms with Crippen LogP contribution in [0.25, 0.3) is 5.65 Å². The van der Waals surface area contributed by atoms with Crippen LogP contribution in [0.4, 0.5) is 5.82 Å². The molecule has 2 saturated carbocycles. The molecule has 142 valence electrons. The molecule has 2 N–H and O–H groups in total. The largest absolute Gasteiger partial charge is 0.459 e. The zero-order chi connectivity index (χ0) is 18.1. The van der Waals surface area contributed by atoms with Crippen molar-refractivity contribution in [3.05, 3.63) is 11.9 Å². The van der Waals surface area contributed by atoms with E-state index in [9.17, 15) is 0 Å². The molecule has 1 atom stereocenters. The lowest BCUT2D eigenvalue weighted by Crippen LogP contribution is -2.39. The van der Waals surface area contributed by atoms with Crippen LogP contribution in [-0.4, -0.2) is 25.7 Å². The second-order valence-electron chi connectivity index (χ2n) is 8.52. The van der Waals surface area contributed by atoms with E-state index in [0.717, 1.165) is 30.9 Å². The molecule has 2 heterocycles. The molecule has 1 unspecified atom stereocenters. The molecule has 0 amide bonds. The minimum absolute atomic E-state index is 0.0848. The second-order valence-corrected chi connectivity index (χ2v) is 8.52. The lowest BCUT2D eigenvalue weighted by Gasteiger charge is -2.50. The number of anilines is 1. The number of nitrogens with two attached hydrogens (primary N) is 1. The van der Waals surface area contributed by atoms with E-state index < -0.39 is 0 Å². The summed E-state index contributed by atoms with van der Waals surface area (Å²) in [5.41, 5.74) is 8.51. The van der Waals surface area contributed by atoms with Gasteiger partial charge in [0, 0.05) is 0 Å². The van der Waals surface area contributed by atoms with Gasteiger partial charge in [-0.2, -0.15) is 4.98 Å². The number of hydrogen-bond donors (Lipinski definition) is 1. The highest BCUT2D eigenvalue weighted by Crippen LogP contribution is 2.55. The van der Waals surface area contributed by atoms with Gasteiger partial charge >= 0.3 is 6.01 Å². The number of ether oxygens (including phenoxy) is 1. The van der Waals surface area contributed by atoms with E-state index in [4.69, 9.17) is 10.5 Å². The van der Waals surface area contributed by atoms with Crippen LogP contribution in [0.15, 0.2) is 6.20 Å². The Balaban J connectivity index is 1.48. The molecular formula is C20H31N5O. The standard InChI is InChI=1S/C20H31N5O/c1-3-7-14(2)26-19-23-17(21)18-22-13-16(25(18)24-19)10-15-11-20(12-15)8-5-4-6-9-20/h13-15H,3-12H2,1-2H3,(H2,21,23,24). The molecule has 26 heavy (non-hydrogen) atoms. The van der Waals surface area contributed by atoms with Crippen LogP contribution in [0, 0.1) is 11.3 Å². The van der Waals surface area contributed by atoms with Crippen molar-refractivity contribution in [1.29, 1.82) is 0 Å². The van der Waals surface area contributed by atoms with Gasteiger partial charge in [0.2, 0.25) is 0 Å². The molecule has 0 bridgehead atoms. The van der Waals surface area contributed by atoms with Crippen LogP contribution in [0.1, 0.15) is 77.3 Å². The van der Waals surface area contributed by atoms with Gasteiger partial charge in [-0.15, -0.1) is 5.10 Å². The van der Waals surface area contributed by atoms with Crippen LogP contribution in [0.5, 0.6) is 6.01 Å². The molecule has 2 aromatic rings. The van der Waals surface area contributed by atoms with Gasteiger partial charge in [0.1, 0.15) is 0 Å². The van der Waals surface area contributed by atoms with Gasteiger partial charge in [-0.3, -0.25) is 0 Å². The Morgan fingerprint density at radius 3 is 2.81 bits per heavy atom. The first-order valence-electron chi connectivity index (χ1n) is 10.3. The fourth-order valence-electron chi connectivity index (χ4n) is 5.08. The average molecular weight is 358 g/mol. The first-order chi connectivity index (χ1) is 12.6. The maximum Gasteiger partial charge on any atom is 0.336 e. The molecule has 2 fully saturated rings. The van der Waals surface area contributed by atoms with Gasteiger partial charge in [-0.25, -0.2) is 9.50 Å². The first-order valence-corrected chi connectivity index (χ1v) is 10.3. The summed E-state index contributed by atoms with van der Waals surface area (Å²) in [5, 5.41) is 4.57. The topological polar surface area (TPSA) is 78.3 Å². The molecular weight excluding hydrogens is 326 g/mol. The molecule has 0 saturated heterocycles. The Morgan fingerprint density at radius 1 is 1.31 bits per heavy atom. The maximum absolute atomic E-state index is 6.09. The summed E-state index contributed by atoms with van der Waals surface area (Å²) in [4.78, 5) is 8.73. The van der Waals surface area contributed by atoms with E-state index in [1.807, 2.05) is 17.6 Å². The van der Waals surface area contributed by atoms with Crippen molar-refractivity contribution in [2.75, 3.05) is 5.73 Å². The highest BCUT2D eigenvalue weighted by atomic mass is 16.5. The van der Waals surface area contributed by atoms with Crippen LogP contribution >= 0.6 is 0 Å². The van der Waals surface area contributed by atoms with Crippen LogP contribution < -0.4 is 10.5 Å². The molecule has 2 aromatic heterocycles. The van der Waals surface area contributed by atoms with Gasteiger partial charge in [-0.1, -0.05) is 32.6 Å². The fourth-order valence-corrected chi connectivity index (χ4v) is 5.08. The molecule has 1 spiro atoms. The van der Waals surface area contributed by atoms with Crippen molar-refractivity contribution in [2.45, 2.75) is 84.2 Å². The van der Waals surface area contributed by atoms with Crippen molar-refractivity contribution in [1.82, 2.24) is 19.6 Å². The lowest BCUT2D eigenvalue weighted by atomic mass is 9.55. The quantitative estimate of drug-likeness (QED) is 0.839. The monoisotopic (exact) mass is 357 g/mol. The molecule has 0 aromatic carbocycles. The lowest BCUT2D eigenvalue weighted by molar-refractivity contribution is 0.0146. The maximum atomic E-state index is 6.09. The highest BCUT2D eigenvalue weighted by molar-refractivity contribution is 5.59. The van der Waals surface area contributed by atoms with E-state index in [1.165, 1.54) is 44.9 Å². The van der Waals surface area contributed by atoms with Gasteiger partial charge in [0.15, 0.2) is 11.5 Å². The van der Waals surface area contributed by atoms with Crippen molar-refractivity contribution in [3.8, 4) is 6.01 Å². The molecule has 4 rings (SSSR count). The Hall–Kier alpha value is -1.85. The van der Waals surface area contributed by atoms with Crippen molar-refractivity contribution < 1.29 is 4.74 Å². The number of hydrogen-bond acceptors (Lipinski definition) is 5.